The van der Waals surface area contributed by atoms with E-state index in [2.05, 4.69) is 25.3 Å². The summed E-state index contributed by atoms with van der Waals surface area (Å²) in [6.07, 6.45) is 6.80. The molecule has 4 rings (SSSR count). The second-order valence-corrected chi connectivity index (χ2v) is 6.74. The fourth-order valence-corrected chi connectivity index (χ4v) is 3.12. The van der Waals surface area contributed by atoms with Gasteiger partial charge in [-0.1, -0.05) is 29.8 Å². The molecular formula is C20H16ClN7O2. The molecule has 0 fully saturated rings. The van der Waals surface area contributed by atoms with Crippen molar-refractivity contribution >= 4 is 23.1 Å². The minimum atomic E-state index is -0.484. The second-order valence-electron chi connectivity index (χ2n) is 6.33. The molecule has 3 aromatic heterocycles. The number of nitrogens with zero attached hydrogens (tertiary/aromatic N) is 5. The molecule has 9 nitrogen and oxygen atoms in total. The maximum atomic E-state index is 10.7. The van der Waals surface area contributed by atoms with Crippen LogP contribution in [-0.4, -0.2) is 36.4 Å². The third-order valence-corrected chi connectivity index (χ3v) is 4.70. The SMILES string of the molecule is O=[N+]([O-])c1ccc(NCCc2ncc(-c3cnc[nH]3)c(-c3ccccc3Cl)n2)nc1. The Morgan fingerprint density at radius 1 is 1.07 bits per heavy atom. The molecule has 0 radical (unpaired) electrons. The number of halogens is 1. The summed E-state index contributed by atoms with van der Waals surface area (Å²) in [6.45, 7) is 0.510. The van der Waals surface area contributed by atoms with Gasteiger partial charge in [0.15, 0.2) is 0 Å². The molecule has 0 aliphatic heterocycles. The summed E-state index contributed by atoms with van der Waals surface area (Å²) < 4.78 is 0. The summed E-state index contributed by atoms with van der Waals surface area (Å²) in [7, 11) is 0. The first-order chi connectivity index (χ1) is 14.6. The summed E-state index contributed by atoms with van der Waals surface area (Å²) in [5.41, 5.74) is 3.06. The van der Waals surface area contributed by atoms with Crippen LogP contribution in [0.5, 0.6) is 0 Å². The van der Waals surface area contributed by atoms with Crippen molar-refractivity contribution in [3.8, 4) is 22.5 Å². The molecule has 2 N–H and O–H groups in total. The number of rotatable bonds is 7. The van der Waals surface area contributed by atoms with Crippen LogP contribution in [0.3, 0.4) is 0 Å². The second kappa shape index (κ2) is 8.66. The molecule has 0 saturated carbocycles. The number of nitro groups is 1. The molecule has 0 unspecified atom stereocenters. The standard InChI is InChI=1S/C20H16ClN7O2/c21-16-4-2-1-3-14(16)20-15(17-11-22-12-26-17)10-25-19(27-20)7-8-23-18-6-5-13(9-24-18)28(29)30/h1-6,9-12H,7-8H2,(H,22,26)(H,23,24). The van der Waals surface area contributed by atoms with E-state index in [9.17, 15) is 10.1 Å². The third-order valence-electron chi connectivity index (χ3n) is 4.37. The molecular weight excluding hydrogens is 406 g/mol. The highest BCUT2D eigenvalue weighted by molar-refractivity contribution is 6.33. The van der Waals surface area contributed by atoms with Gasteiger partial charge in [0.25, 0.3) is 5.69 Å². The zero-order chi connectivity index (χ0) is 20.9. The topological polar surface area (TPSA) is 123 Å². The van der Waals surface area contributed by atoms with Crippen molar-refractivity contribution in [2.75, 3.05) is 11.9 Å². The van der Waals surface area contributed by atoms with Gasteiger partial charge in [-0.3, -0.25) is 10.1 Å². The van der Waals surface area contributed by atoms with Gasteiger partial charge in [0.1, 0.15) is 17.8 Å². The van der Waals surface area contributed by atoms with E-state index in [-0.39, 0.29) is 5.69 Å². The number of hydrogen-bond donors (Lipinski definition) is 2. The van der Waals surface area contributed by atoms with E-state index in [1.54, 1.807) is 24.8 Å². The van der Waals surface area contributed by atoms with Crippen LogP contribution < -0.4 is 5.32 Å². The Labute approximate surface area is 176 Å². The van der Waals surface area contributed by atoms with E-state index in [1.807, 2.05) is 24.3 Å². The van der Waals surface area contributed by atoms with Crippen LogP contribution in [0.4, 0.5) is 11.5 Å². The molecule has 0 bridgehead atoms. The number of H-pyrrole nitrogens is 1. The van der Waals surface area contributed by atoms with E-state index in [1.165, 1.54) is 12.3 Å². The summed E-state index contributed by atoms with van der Waals surface area (Å²) in [5, 5.41) is 14.4. The van der Waals surface area contributed by atoms with Crippen molar-refractivity contribution < 1.29 is 4.92 Å². The number of benzene rings is 1. The molecule has 10 heteroatoms. The molecule has 0 saturated heterocycles. The number of hydrogen-bond acceptors (Lipinski definition) is 7. The molecule has 0 spiro atoms. The van der Waals surface area contributed by atoms with Crippen LogP contribution in [-0.2, 0) is 6.42 Å². The molecule has 1 aromatic carbocycles. The highest BCUT2D eigenvalue weighted by atomic mass is 35.5. The third kappa shape index (κ3) is 4.26. The van der Waals surface area contributed by atoms with Gasteiger partial charge in [-0.05, 0) is 12.1 Å². The largest absolute Gasteiger partial charge is 0.370 e. The average molecular weight is 422 g/mol. The number of pyridine rings is 1. The van der Waals surface area contributed by atoms with Gasteiger partial charge < -0.3 is 10.3 Å². The monoisotopic (exact) mass is 421 g/mol. The zero-order valence-electron chi connectivity index (χ0n) is 15.6. The lowest BCUT2D eigenvalue weighted by Crippen LogP contribution is -2.09. The number of aromatic nitrogens is 5. The van der Waals surface area contributed by atoms with Crippen LogP contribution in [0.15, 0.2) is 61.3 Å². The normalized spacial score (nSPS) is 10.7. The number of nitrogens with one attached hydrogen (secondary N) is 2. The summed E-state index contributed by atoms with van der Waals surface area (Å²) in [5.74, 6) is 1.17. The van der Waals surface area contributed by atoms with Gasteiger partial charge in [0.2, 0.25) is 0 Å². The van der Waals surface area contributed by atoms with E-state index in [0.29, 0.717) is 35.3 Å². The fraction of sp³-hybridized carbons (Fsp3) is 0.100. The maximum Gasteiger partial charge on any atom is 0.287 e. The summed E-state index contributed by atoms with van der Waals surface area (Å²) in [4.78, 5) is 30.6. The van der Waals surface area contributed by atoms with Crippen molar-refractivity contribution in [3.05, 3.63) is 82.3 Å². The van der Waals surface area contributed by atoms with Crippen molar-refractivity contribution in [1.82, 2.24) is 24.9 Å². The van der Waals surface area contributed by atoms with Crippen molar-refractivity contribution in [1.29, 1.82) is 0 Å². The first-order valence-electron chi connectivity index (χ1n) is 9.05. The average Bonchev–Trinajstić information content (AvgIpc) is 3.29. The minimum absolute atomic E-state index is 0.0531. The molecule has 4 aromatic rings. The van der Waals surface area contributed by atoms with Crippen molar-refractivity contribution in [2.24, 2.45) is 0 Å². The number of imidazole rings is 1. The summed E-state index contributed by atoms with van der Waals surface area (Å²) >= 11 is 6.41. The highest BCUT2D eigenvalue weighted by Gasteiger charge is 2.15. The Morgan fingerprint density at radius 3 is 2.63 bits per heavy atom. The summed E-state index contributed by atoms with van der Waals surface area (Å²) in [6, 6.07) is 10.5. The molecule has 0 amide bonds. The molecule has 0 aliphatic carbocycles. The quantitative estimate of drug-likeness (QED) is 0.339. The van der Waals surface area contributed by atoms with Crippen molar-refractivity contribution in [2.45, 2.75) is 6.42 Å². The van der Waals surface area contributed by atoms with Crippen LogP contribution in [0, 0.1) is 10.1 Å². The smallest absolute Gasteiger partial charge is 0.287 e. The van der Waals surface area contributed by atoms with E-state index in [4.69, 9.17) is 16.6 Å². The Hall–Kier alpha value is -3.85. The lowest BCUT2D eigenvalue weighted by molar-refractivity contribution is -0.385. The van der Waals surface area contributed by atoms with Gasteiger partial charge in [0, 0.05) is 41.4 Å². The van der Waals surface area contributed by atoms with E-state index < -0.39 is 4.92 Å². The lowest BCUT2D eigenvalue weighted by Gasteiger charge is -2.11. The van der Waals surface area contributed by atoms with Gasteiger partial charge in [-0.25, -0.2) is 19.9 Å². The Bertz CT molecular complexity index is 1160. The van der Waals surface area contributed by atoms with Crippen LogP contribution in [0.2, 0.25) is 5.02 Å². The Kier molecular flexibility index (Phi) is 5.62. The predicted molar refractivity (Wildman–Crippen MR) is 113 cm³/mol. The molecule has 150 valence electrons. The molecule has 3 heterocycles. The molecule has 0 aliphatic rings. The van der Waals surface area contributed by atoms with Gasteiger partial charge in [0.05, 0.1) is 28.8 Å². The minimum Gasteiger partial charge on any atom is -0.370 e. The van der Waals surface area contributed by atoms with Gasteiger partial charge >= 0.3 is 0 Å². The van der Waals surface area contributed by atoms with E-state index >= 15 is 0 Å². The maximum absolute atomic E-state index is 10.7. The Morgan fingerprint density at radius 2 is 1.93 bits per heavy atom. The fourth-order valence-electron chi connectivity index (χ4n) is 2.90. The van der Waals surface area contributed by atoms with Gasteiger partial charge in [-0.2, -0.15) is 0 Å². The highest BCUT2D eigenvalue weighted by Crippen LogP contribution is 2.33. The number of aromatic amines is 1. The predicted octanol–water partition coefficient (Wildman–Crippen LogP) is 4.14. The van der Waals surface area contributed by atoms with Crippen LogP contribution in [0.1, 0.15) is 5.82 Å². The molecule has 30 heavy (non-hydrogen) atoms. The zero-order valence-corrected chi connectivity index (χ0v) is 16.4. The molecule has 0 atom stereocenters. The number of anilines is 1. The van der Waals surface area contributed by atoms with Crippen molar-refractivity contribution in [3.63, 3.8) is 0 Å². The lowest BCUT2D eigenvalue weighted by atomic mass is 10.0. The van der Waals surface area contributed by atoms with E-state index in [0.717, 1.165) is 16.8 Å². The first-order valence-corrected chi connectivity index (χ1v) is 9.43. The van der Waals surface area contributed by atoms with Gasteiger partial charge in [-0.15, -0.1) is 0 Å². The van der Waals surface area contributed by atoms with Crippen LogP contribution in [0.25, 0.3) is 22.5 Å². The van der Waals surface area contributed by atoms with Crippen LogP contribution >= 0.6 is 11.6 Å². The first kappa shape index (κ1) is 19.5. The Balaban J connectivity index is 1.55.